The number of halogens is 2. The first-order valence-electron chi connectivity index (χ1n) is 9.64. The van der Waals surface area contributed by atoms with Gasteiger partial charge in [-0.3, -0.25) is 4.90 Å². The maximum absolute atomic E-state index is 12.8. The van der Waals surface area contributed by atoms with Crippen molar-refractivity contribution in [2.45, 2.75) is 12.0 Å². The molecule has 158 valence electrons. The number of hydrogen-bond donors (Lipinski definition) is 1. The molecule has 1 unspecified atom stereocenters. The molecule has 5 nitrogen and oxygen atoms in total. The van der Waals surface area contributed by atoms with Crippen LogP contribution in [0.15, 0.2) is 66.7 Å². The number of likely N-dealkylation sites (N-methyl/N-ethyl adjacent to an activating group) is 1. The minimum absolute atomic E-state index is 0.102. The Balaban J connectivity index is 1.54. The number of amides is 1. The van der Waals surface area contributed by atoms with Gasteiger partial charge in [0, 0.05) is 13.0 Å². The monoisotopic (exact) mass is 455 g/mol. The van der Waals surface area contributed by atoms with Crippen molar-refractivity contribution in [2.24, 2.45) is 0 Å². The second kappa shape index (κ2) is 8.61. The smallest absolute Gasteiger partial charge is 0.410 e. The van der Waals surface area contributed by atoms with Crippen molar-refractivity contribution < 1.29 is 19.4 Å². The Labute approximate surface area is 189 Å². The summed E-state index contributed by atoms with van der Waals surface area (Å²) in [7, 11) is 1.39. The zero-order valence-corrected chi connectivity index (χ0v) is 18.1. The fourth-order valence-electron chi connectivity index (χ4n) is 4.02. The highest BCUT2D eigenvalue weighted by Gasteiger charge is 2.32. The van der Waals surface area contributed by atoms with E-state index in [4.69, 9.17) is 27.9 Å². The molecule has 0 aromatic heterocycles. The highest BCUT2D eigenvalue weighted by atomic mass is 35.5. The van der Waals surface area contributed by atoms with Crippen LogP contribution in [0.5, 0.6) is 0 Å². The fraction of sp³-hybridized carbons (Fsp3) is 0.167. The summed E-state index contributed by atoms with van der Waals surface area (Å²) < 4.78 is 5.57. The van der Waals surface area contributed by atoms with E-state index in [0.29, 0.717) is 10.6 Å². The predicted octanol–water partition coefficient (Wildman–Crippen LogP) is 6.00. The molecular weight excluding hydrogens is 437 g/mol. The third-order valence-electron chi connectivity index (χ3n) is 5.50. The number of nitrogens with zero attached hydrogens (tertiary/aromatic N) is 1. The van der Waals surface area contributed by atoms with E-state index < -0.39 is 18.1 Å². The minimum atomic E-state index is -1.26. The van der Waals surface area contributed by atoms with Crippen LogP contribution in [-0.4, -0.2) is 35.7 Å². The molecule has 0 saturated heterocycles. The summed E-state index contributed by atoms with van der Waals surface area (Å²) in [5.41, 5.74) is 4.73. The van der Waals surface area contributed by atoms with Crippen LogP contribution in [0.3, 0.4) is 0 Å². The van der Waals surface area contributed by atoms with E-state index in [2.05, 4.69) is 0 Å². The molecule has 1 aliphatic rings. The largest absolute Gasteiger partial charge is 0.479 e. The number of aliphatic carboxylic acids is 1. The first-order chi connectivity index (χ1) is 14.9. The second-order valence-corrected chi connectivity index (χ2v) is 8.14. The molecule has 31 heavy (non-hydrogen) atoms. The number of benzene rings is 3. The van der Waals surface area contributed by atoms with Crippen LogP contribution in [0.2, 0.25) is 10.0 Å². The Morgan fingerprint density at radius 1 is 0.968 bits per heavy atom. The quantitative estimate of drug-likeness (QED) is 0.512. The van der Waals surface area contributed by atoms with Gasteiger partial charge in [0.1, 0.15) is 6.61 Å². The van der Waals surface area contributed by atoms with Gasteiger partial charge in [0.25, 0.3) is 0 Å². The Kier molecular flexibility index (Phi) is 5.90. The Hall–Kier alpha value is -3.02. The van der Waals surface area contributed by atoms with Gasteiger partial charge < -0.3 is 9.84 Å². The third kappa shape index (κ3) is 3.99. The van der Waals surface area contributed by atoms with Gasteiger partial charge in [0.05, 0.1) is 10.0 Å². The van der Waals surface area contributed by atoms with Gasteiger partial charge in [-0.05, 0) is 39.9 Å². The van der Waals surface area contributed by atoms with Gasteiger partial charge in [0.2, 0.25) is 0 Å². The number of rotatable bonds is 5. The van der Waals surface area contributed by atoms with Crippen molar-refractivity contribution in [3.63, 3.8) is 0 Å². The zero-order chi connectivity index (χ0) is 22.1. The Morgan fingerprint density at radius 3 is 2.10 bits per heavy atom. The molecule has 0 spiro atoms. The Bertz CT molecular complexity index is 1120. The highest BCUT2D eigenvalue weighted by Crippen LogP contribution is 2.44. The van der Waals surface area contributed by atoms with Gasteiger partial charge in [-0.2, -0.15) is 0 Å². The maximum atomic E-state index is 12.8. The third-order valence-corrected chi connectivity index (χ3v) is 6.24. The number of fused-ring (bicyclic) bond motifs is 3. The van der Waals surface area contributed by atoms with Crippen LogP contribution in [0, 0.1) is 0 Å². The van der Waals surface area contributed by atoms with E-state index >= 15 is 0 Å². The first kappa shape index (κ1) is 21.2. The van der Waals surface area contributed by atoms with Crippen molar-refractivity contribution in [1.29, 1.82) is 0 Å². The normalized spacial score (nSPS) is 13.3. The molecule has 1 atom stereocenters. The number of ether oxygens (including phenoxy) is 1. The summed E-state index contributed by atoms with van der Waals surface area (Å²) in [5, 5.41) is 10.2. The molecule has 0 heterocycles. The van der Waals surface area contributed by atoms with E-state index in [-0.39, 0.29) is 17.5 Å². The molecule has 3 aromatic carbocycles. The van der Waals surface area contributed by atoms with Crippen molar-refractivity contribution in [1.82, 2.24) is 4.90 Å². The van der Waals surface area contributed by atoms with Gasteiger partial charge in [-0.25, -0.2) is 9.59 Å². The van der Waals surface area contributed by atoms with Gasteiger partial charge >= 0.3 is 12.1 Å². The summed E-state index contributed by atoms with van der Waals surface area (Å²) in [6, 6.07) is 19.2. The lowest BCUT2D eigenvalue weighted by molar-refractivity contribution is -0.142. The molecular formula is C24H19Cl2NO4. The molecule has 1 amide bonds. The summed E-state index contributed by atoms with van der Waals surface area (Å²) in [6.45, 7) is 0.102. The van der Waals surface area contributed by atoms with Crippen LogP contribution in [0.4, 0.5) is 4.79 Å². The molecule has 1 aliphatic carbocycles. The molecule has 0 saturated carbocycles. The van der Waals surface area contributed by atoms with E-state index in [9.17, 15) is 14.7 Å². The number of carbonyl (C=O) groups is 2. The van der Waals surface area contributed by atoms with Crippen molar-refractivity contribution in [2.75, 3.05) is 13.7 Å². The molecule has 0 fully saturated rings. The van der Waals surface area contributed by atoms with Gasteiger partial charge in [-0.1, -0.05) is 77.8 Å². The van der Waals surface area contributed by atoms with Gasteiger partial charge in [0.15, 0.2) is 6.04 Å². The molecule has 1 N–H and O–H groups in total. The fourth-order valence-corrected chi connectivity index (χ4v) is 4.32. The Morgan fingerprint density at radius 2 is 1.55 bits per heavy atom. The van der Waals surface area contributed by atoms with Crippen molar-refractivity contribution in [3.8, 4) is 11.1 Å². The summed E-state index contributed by atoms with van der Waals surface area (Å²) >= 11 is 12.0. The second-order valence-electron chi connectivity index (χ2n) is 7.33. The van der Waals surface area contributed by atoms with E-state index in [1.807, 2.05) is 48.5 Å². The van der Waals surface area contributed by atoms with E-state index in [0.717, 1.165) is 27.2 Å². The zero-order valence-electron chi connectivity index (χ0n) is 16.6. The lowest BCUT2D eigenvalue weighted by Crippen LogP contribution is -2.36. The topological polar surface area (TPSA) is 66.8 Å². The summed E-state index contributed by atoms with van der Waals surface area (Å²) in [4.78, 5) is 25.7. The minimum Gasteiger partial charge on any atom is -0.479 e. The number of carboxylic acids is 1. The number of hydrogen-bond acceptors (Lipinski definition) is 3. The molecule has 0 aliphatic heterocycles. The number of carbonyl (C=O) groups excluding carboxylic acids is 1. The van der Waals surface area contributed by atoms with Crippen LogP contribution in [0.25, 0.3) is 11.1 Å². The van der Waals surface area contributed by atoms with E-state index in [1.165, 1.54) is 25.2 Å². The number of carboxylic acid groups (broad SMARTS) is 1. The predicted molar refractivity (Wildman–Crippen MR) is 120 cm³/mol. The maximum Gasteiger partial charge on any atom is 0.410 e. The lowest BCUT2D eigenvalue weighted by Gasteiger charge is -2.25. The van der Waals surface area contributed by atoms with Gasteiger partial charge in [-0.15, -0.1) is 0 Å². The standard InChI is InChI=1S/C24H19Cl2NO4/c1-27(22(23(28)29)14-10-11-20(25)21(26)12-14)24(30)31-13-19-17-8-4-2-6-15(17)16-7-3-5-9-18(16)19/h2-12,19,22H,13H2,1H3,(H,28,29). The van der Waals surface area contributed by atoms with Crippen LogP contribution >= 0.6 is 23.2 Å². The molecule has 3 aromatic rings. The molecule has 7 heteroatoms. The highest BCUT2D eigenvalue weighted by molar-refractivity contribution is 6.42. The molecule has 0 bridgehead atoms. The SMILES string of the molecule is CN(C(=O)OCC1c2ccccc2-c2ccccc21)C(C(=O)O)c1ccc(Cl)c(Cl)c1. The van der Waals surface area contributed by atoms with Crippen LogP contribution in [0.1, 0.15) is 28.7 Å². The molecule has 4 rings (SSSR count). The van der Waals surface area contributed by atoms with Crippen molar-refractivity contribution in [3.05, 3.63) is 93.5 Å². The van der Waals surface area contributed by atoms with Crippen LogP contribution in [-0.2, 0) is 9.53 Å². The average Bonchev–Trinajstić information content (AvgIpc) is 3.08. The average molecular weight is 456 g/mol. The first-order valence-corrected chi connectivity index (χ1v) is 10.4. The summed E-state index contributed by atoms with van der Waals surface area (Å²) in [5.74, 6) is -1.31. The van der Waals surface area contributed by atoms with E-state index in [1.54, 1.807) is 0 Å². The molecule has 0 radical (unpaired) electrons. The lowest BCUT2D eigenvalue weighted by atomic mass is 9.98. The summed E-state index contributed by atoms with van der Waals surface area (Å²) in [6.07, 6.45) is -0.736. The van der Waals surface area contributed by atoms with Crippen molar-refractivity contribution >= 4 is 35.3 Å². The van der Waals surface area contributed by atoms with Crippen LogP contribution < -0.4 is 0 Å².